The SMILES string of the molecule is CCc1cc(Cl)c(OC)c(N2CCN(C[C@H](O)CCNC(=O)c3cc4ccccc4[nH]3)CC2)c1. The fraction of sp³-hybridized carbons (Fsp3) is 0.423. The van der Waals surface area contributed by atoms with Gasteiger partial charge in [0.2, 0.25) is 0 Å². The molecule has 0 spiro atoms. The van der Waals surface area contributed by atoms with E-state index in [0.717, 1.165) is 54.9 Å². The second-order valence-electron chi connectivity index (χ2n) is 8.74. The Morgan fingerprint density at radius 1 is 1.21 bits per heavy atom. The van der Waals surface area contributed by atoms with E-state index in [4.69, 9.17) is 16.3 Å². The third-order valence-corrected chi connectivity index (χ3v) is 6.70. The van der Waals surface area contributed by atoms with Crippen molar-refractivity contribution in [1.82, 2.24) is 15.2 Å². The second-order valence-corrected chi connectivity index (χ2v) is 9.15. The molecule has 1 fully saturated rings. The molecule has 7 nitrogen and oxygen atoms in total. The largest absolute Gasteiger partial charge is 0.493 e. The first-order valence-corrected chi connectivity index (χ1v) is 12.2. The number of aliphatic hydroxyl groups is 1. The number of nitrogens with zero attached hydrogens (tertiary/aromatic N) is 2. The summed E-state index contributed by atoms with van der Waals surface area (Å²) in [7, 11) is 1.65. The van der Waals surface area contributed by atoms with Crippen LogP contribution < -0.4 is 15.0 Å². The minimum atomic E-state index is -0.498. The lowest BCUT2D eigenvalue weighted by Gasteiger charge is -2.37. The van der Waals surface area contributed by atoms with Crippen molar-refractivity contribution in [2.24, 2.45) is 0 Å². The average Bonchev–Trinajstić information content (AvgIpc) is 3.28. The maximum atomic E-state index is 12.4. The normalized spacial score (nSPS) is 15.5. The van der Waals surface area contributed by atoms with Gasteiger partial charge in [-0.25, -0.2) is 0 Å². The Morgan fingerprint density at radius 2 is 1.97 bits per heavy atom. The van der Waals surface area contributed by atoms with Crippen LogP contribution in [-0.4, -0.2) is 73.4 Å². The van der Waals surface area contributed by atoms with E-state index in [-0.39, 0.29) is 5.91 Å². The van der Waals surface area contributed by atoms with E-state index in [1.807, 2.05) is 36.4 Å². The van der Waals surface area contributed by atoms with Gasteiger partial charge in [-0.15, -0.1) is 0 Å². The van der Waals surface area contributed by atoms with Crippen LogP contribution in [0.25, 0.3) is 10.9 Å². The zero-order valence-electron chi connectivity index (χ0n) is 19.8. The molecule has 1 saturated heterocycles. The number of fused-ring (bicyclic) bond motifs is 1. The monoisotopic (exact) mass is 484 g/mol. The number of hydrogen-bond acceptors (Lipinski definition) is 5. The predicted molar refractivity (Wildman–Crippen MR) is 137 cm³/mol. The molecule has 0 bridgehead atoms. The minimum Gasteiger partial charge on any atom is -0.493 e. The van der Waals surface area contributed by atoms with Gasteiger partial charge < -0.3 is 25.0 Å². The standard InChI is InChI=1S/C26H33ClN4O3/c1-3-18-14-21(27)25(34-2)24(15-18)31-12-10-30(11-13-31)17-20(32)8-9-28-26(33)23-16-19-6-4-5-7-22(19)29-23/h4-7,14-16,20,29,32H,3,8-13,17H2,1-2H3,(H,28,33)/t20-/m1/s1. The fourth-order valence-electron chi connectivity index (χ4n) is 4.48. The molecule has 3 N–H and O–H groups in total. The molecule has 8 heteroatoms. The Kier molecular flexibility index (Phi) is 7.98. The number of anilines is 1. The maximum absolute atomic E-state index is 12.4. The van der Waals surface area contributed by atoms with Crippen LogP contribution in [0.15, 0.2) is 42.5 Å². The van der Waals surface area contributed by atoms with Gasteiger partial charge >= 0.3 is 0 Å². The number of amides is 1. The lowest BCUT2D eigenvalue weighted by Crippen LogP contribution is -2.49. The van der Waals surface area contributed by atoms with Crippen LogP contribution in [0.3, 0.4) is 0 Å². The molecular weight excluding hydrogens is 452 g/mol. The summed E-state index contributed by atoms with van der Waals surface area (Å²) in [6, 6.07) is 13.8. The van der Waals surface area contributed by atoms with E-state index in [0.29, 0.717) is 30.2 Å². The number of carbonyl (C=O) groups is 1. The summed E-state index contributed by atoms with van der Waals surface area (Å²) < 4.78 is 5.57. The lowest BCUT2D eigenvalue weighted by atomic mass is 10.1. The van der Waals surface area contributed by atoms with Crippen molar-refractivity contribution in [3.05, 3.63) is 58.7 Å². The van der Waals surface area contributed by atoms with Crippen LogP contribution in [-0.2, 0) is 6.42 Å². The van der Waals surface area contributed by atoms with Gasteiger partial charge in [-0.3, -0.25) is 9.69 Å². The van der Waals surface area contributed by atoms with Crippen molar-refractivity contribution in [3.63, 3.8) is 0 Å². The number of aliphatic hydroxyl groups excluding tert-OH is 1. The molecule has 1 aliphatic heterocycles. The van der Waals surface area contributed by atoms with Crippen LogP contribution in [0.5, 0.6) is 5.75 Å². The summed E-state index contributed by atoms with van der Waals surface area (Å²) in [6.07, 6.45) is 0.926. The molecule has 1 aliphatic rings. The number of carbonyl (C=O) groups excluding carboxylic acids is 1. The second kappa shape index (κ2) is 11.1. The number of nitrogens with one attached hydrogen (secondary N) is 2. The smallest absolute Gasteiger partial charge is 0.267 e. The van der Waals surface area contributed by atoms with E-state index in [2.05, 4.69) is 33.1 Å². The number of halogens is 1. The van der Waals surface area contributed by atoms with Crippen molar-refractivity contribution in [3.8, 4) is 5.75 Å². The summed E-state index contributed by atoms with van der Waals surface area (Å²) in [6.45, 7) is 6.49. The molecule has 0 radical (unpaired) electrons. The van der Waals surface area contributed by atoms with E-state index in [1.54, 1.807) is 7.11 Å². The first kappa shape index (κ1) is 24.4. The van der Waals surface area contributed by atoms with Crippen LogP contribution in [0.1, 0.15) is 29.4 Å². The third kappa shape index (κ3) is 5.66. The van der Waals surface area contributed by atoms with Crippen molar-refractivity contribution < 1.29 is 14.6 Å². The van der Waals surface area contributed by atoms with Crippen LogP contribution in [0, 0.1) is 0 Å². The van der Waals surface area contributed by atoms with E-state index in [1.165, 1.54) is 5.56 Å². The van der Waals surface area contributed by atoms with E-state index >= 15 is 0 Å². The zero-order valence-corrected chi connectivity index (χ0v) is 20.6. The number of para-hydroxylation sites is 1. The number of β-amino-alcohol motifs (C(OH)–C–C–N with tert-alkyl or cyclic N) is 1. The van der Waals surface area contributed by atoms with Crippen LogP contribution in [0.4, 0.5) is 5.69 Å². The summed E-state index contributed by atoms with van der Waals surface area (Å²) >= 11 is 6.43. The number of methoxy groups -OCH3 is 1. The lowest BCUT2D eigenvalue weighted by molar-refractivity contribution is 0.0899. The highest BCUT2D eigenvalue weighted by atomic mass is 35.5. The molecule has 4 rings (SSSR count). The molecule has 0 saturated carbocycles. The fourth-order valence-corrected chi connectivity index (χ4v) is 4.79. The molecule has 2 aromatic carbocycles. The molecule has 3 aromatic rings. The number of H-pyrrole nitrogens is 1. The topological polar surface area (TPSA) is 80.8 Å². The van der Waals surface area contributed by atoms with Crippen molar-refractivity contribution in [2.75, 3.05) is 51.3 Å². The number of aryl methyl sites for hydroxylation is 1. The van der Waals surface area contributed by atoms with Gasteiger partial charge in [0, 0.05) is 50.2 Å². The number of aromatic nitrogens is 1. The van der Waals surface area contributed by atoms with Gasteiger partial charge in [-0.2, -0.15) is 0 Å². The summed E-state index contributed by atoms with van der Waals surface area (Å²) in [5.74, 6) is 0.567. The molecule has 2 heterocycles. The Bertz CT molecular complexity index is 1090. The Hall–Kier alpha value is -2.74. The molecule has 0 aliphatic carbocycles. The first-order chi connectivity index (χ1) is 16.5. The highest BCUT2D eigenvalue weighted by molar-refractivity contribution is 6.32. The summed E-state index contributed by atoms with van der Waals surface area (Å²) in [5.41, 5.74) is 3.70. The van der Waals surface area contributed by atoms with Gasteiger partial charge in [-0.1, -0.05) is 36.7 Å². The van der Waals surface area contributed by atoms with Crippen molar-refractivity contribution in [2.45, 2.75) is 25.9 Å². The van der Waals surface area contributed by atoms with Crippen LogP contribution >= 0.6 is 11.6 Å². The highest BCUT2D eigenvalue weighted by Gasteiger charge is 2.23. The number of hydrogen-bond donors (Lipinski definition) is 3. The van der Waals surface area contributed by atoms with Gasteiger partial charge in [0.1, 0.15) is 5.69 Å². The maximum Gasteiger partial charge on any atom is 0.267 e. The molecule has 182 valence electrons. The molecule has 0 unspecified atom stereocenters. The third-order valence-electron chi connectivity index (χ3n) is 6.42. The molecule has 1 amide bonds. The number of benzene rings is 2. The van der Waals surface area contributed by atoms with Gasteiger partial charge in [0.25, 0.3) is 5.91 Å². The average molecular weight is 485 g/mol. The molecule has 1 aromatic heterocycles. The first-order valence-electron chi connectivity index (χ1n) is 11.9. The van der Waals surface area contributed by atoms with Gasteiger partial charge in [0.15, 0.2) is 5.75 Å². The number of ether oxygens (including phenoxy) is 1. The van der Waals surface area contributed by atoms with Crippen molar-refractivity contribution >= 4 is 34.1 Å². The quantitative estimate of drug-likeness (QED) is 0.431. The van der Waals surface area contributed by atoms with Crippen molar-refractivity contribution in [1.29, 1.82) is 0 Å². The van der Waals surface area contributed by atoms with Crippen LogP contribution in [0.2, 0.25) is 5.02 Å². The molecule has 1 atom stereocenters. The van der Waals surface area contributed by atoms with Gasteiger partial charge in [0.05, 0.1) is 23.9 Å². The molecule has 34 heavy (non-hydrogen) atoms. The number of rotatable bonds is 9. The number of aromatic amines is 1. The summed E-state index contributed by atoms with van der Waals surface area (Å²) in [4.78, 5) is 20.1. The molecular formula is C26H33ClN4O3. The highest BCUT2D eigenvalue weighted by Crippen LogP contribution is 2.37. The Balaban J connectivity index is 1.23. The Morgan fingerprint density at radius 3 is 2.68 bits per heavy atom. The number of piperazine rings is 1. The van der Waals surface area contributed by atoms with Gasteiger partial charge in [-0.05, 0) is 42.7 Å². The Labute approximate surface area is 205 Å². The van der Waals surface area contributed by atoms with E-state index < -0.39 is 6.10 Å². The predicted octanol–water partition coefficient (Wildman–Crippen LogP) is 3.70. The summed E-state index contributed by atoms with van der Waals surface area (Å²) in [5, 5.41) is 15.1. The van der Waals surface area contributed by atoms with E-state index in [9.17, 15) is 9.90 Å². The zero-order chi connectivity index (χ0) is 24.1. The minimum absolute atomic E-state index is 0.154.